The molecule has 4 rings (SSSR count). The van der Waals surface area contributed by atoms with Gasteiger partial charge in [-0.15, -0.1) is 0 Å². The predicted octanol–water partition coefficient (Wildman–Crippen LogP) is 3.48. The Hall–Kier alpha value is -2.82. The number of aryl methyl sites for hydroxylation is 2. The minimum atomic E-state index is -0.174. The van der Waals surface area contributed by atoms with Gasteiger partial charge in [0.2, 0.25) is 5.91 Å². The summed E-state index contributed by atoms with van der Waals surface area (Å²) in [5, 5.41) is 5.90. The standard InChI is InChI=1S/C20H21N3O2/c1-12-5-7-15(13(2)10-12)21-19(24)14-6-8-17-16(11-14)22-20(25)18-4-3-9-23(17)18/h5-8,10-11,18H,3-4,9H2,1-2H3,(H,21,24)(H,22,25). The number of fused-ring (bicyclic) bond motifs is 3. The average molecular weight is 335 g/mol. The van der Waals surface area contributed by atoms with Crippen LogP contribution < -0.4 is 15.5 Å². The van der Waals surface area contributed by atoms with E-state index in [-0.39, 0.29) is 17.9 Å². The maximum absolute atomic E-state index is 12.6. The highest BCUT2D eigenvalue weighted by molar-refractivity contribution is 6.09. The quantitative estimate of drug-likeness (QED) is 0.883. The molecule has 0 bridgehead atoms. The number of carbonyl (C=O) groups is 2. The van der Waals surface area contributed by atoms with Gasteiger partial charge in [-0.25, -0.2) is 0 Å². The number of hydrogen-bond acceptors (Lipinski definition) is 3. The summed E-state index contributed by atoms with van der Waals surface area (Å²) in [5.74, 6) is -0.149. The first-order chi connectivity index (χ1) is 12.0. The number of hydrogen-bond donors (Lipinski definition) is 2. The van der Waals surface area contributed by atoms with E-state index in [0.717, 1.165) is 47.6 Å². The van der Waals surface area contributed by atoms with Crippen molar-refractivity contribution in [2.75, 3.05) is 22.1 Å². The molecule has 2 aliphatic heterocycles. The van der Waals surface area contributed by atoms with Gasteiger partial charge in [-0.3, -0.25) is 9.59 Å². The molecular weight excluding hydrogens is 314 g/mol. The molecule has 2 amide bonds. The summed E-state index contributed by atoms with van der Waals surface area (Å²) in [7, 11) is 0. The fourth-order valence-corrected chi connectivity index (χ4v) is 3.72. The summed E-state index contributed by atoms with van der Waals surface area (Å²) < 4.78 is 0. The summed E-state index contributed by atoms with van der Waals surface area (Å²) in [6, 6.07) is 11.4. The molecule has 2 aliphatic rings. The molecule has 1 unspecified atom stereocenters. The summed E-state index contributed by atoms with van der Waals surface area (Å²) in [6.45, 7) is 4.89. The van der Waals surface area contributed by atoms with Crippen molar-refractivity contribution in [3.63, 3.8) is 0 Å². The van der Waals surface area contributed by atoms with Gasteiger partial charge >= 0.3 is 0 Å². The van der Waals surface area contributed by atoms with E-state index in [1.807, 2.05) is 44.2 Å². The van der Waals surface area contributed by atoms with Gasteiger partial charge in [-0.1, -0.05) is 17.7 Å². The van der Waals surface area contributed by atoms with Crippen LogP contribution in [0.4, 0.5) is 17.1 Å². The van der Waals surface area contributed by atoms with Crippen molar-refractivity contribution < 1.29 is 9.59 Å². The molecule has 1 atom stereocenters. The third kappa shape index (κ3) is 2.76. The molecule has 2 aromatic carbocycles. The highest BCUT2D eigenvalue weighted by Gasteiger charge is 2.36. The van der Waals surface area contributed by atoms with Crippen molar-refractivity contribution in [1.82, 2.24) is 0 Å². The van der Waals surface area contributed by atoms with Crippen LogP contribution in [0.3, 0.4) is 0 Å². The van der Waals surface area contributed by atoms with Gasteiger partial charge in [-0.05, 0) is 56.5 Å². The van der Waals surface area contributed by atoms with Gasteiger partial charge in [0.25, 0.3) is 5.91 Å². The van der Waals surface area contributed by atoms with Crippen LogP contribution >= 0.6 is 0 Å². The second-order valence-electron chi connectivity index (χ2n) is 6.85. The Morgan fingerprint density at radius 1 is 1.20 bits per heavy atom. The SMILES string of the molecule is Cc1ccc(NC(=O)c2ccc3c(c2)NC(=O)C2CCCN32)c(C)c1. The normalized spacial score (nSPS) is 18.4. The maximum Gasteiger partial charge on any atom is 0.255 e. The van der Waals surface area contributed by atoms with E-state index in [1.54, 1.807) is 6.07 Å². The Balaban J connectivity index is 1.60. The third-order valence-corrected chi connectivity index (χ3v) is 5.01. The summed E-state index contributed by atoms with van der Waals surface area (Å²) >= 11 is 0. The molecule has 1 fully saturated rings. The number of nitrogens with one attached hydrogen (secondary N) is 2. The van der Waals surface area contributed by atoms with Gasteiger partial charge < -0.3 is 15.5 Å². The maximum atomic E-state index is 12.6. The highest BCUT2D eigenvalue weighted by atomic mass is 16.2. The molecule has 2 aromatic rings. The Labute approximate surface area is 147 Å². The summed E-state index contributed by atoms with van der Waals surface area (Å²) in [4.78, 5) is 27.0. The van der Waals surface area contributed by atoms with Crippen LogP contribution in [-0.2, 0) is 4.79 Å². The number of anilines is 3. The molecule has 0 saturated carbocycles. The van der Waals surface area contributed by atoms with Crippen molar-refractivity contribution in [1.29, 1.82) is 0 Å². The first-order valence-corrected chi connectivity index (χ1v) is 8.63. The number of benzene rings is 2. The van der Waals surface area contributed by atoms with Crippen LogP contribution in [0.1, 0.15) is 34.3 Å². The highest BCUT2D eigenvalue weighted by Crippen LogP contribution is 2.37. The van der Waals surface area contributed by atoms with Crippen LogP contribution in [0.25, 0.3) is 0 Å². The van der Waals surface area contributed by atoms with E-state index in [4.69, 9.17) is 0 Å². The Kier molecular flexibility index (Phi) is 3.71. The van der Waals surface area contributed by atoms with Crippen molar-refractivity contribution >= 4 is 28.9 Å². The molecule has 5 nitrogen and oxygen atoms in total. The smallest absolute Gasteiger partial charge is 0.255 e. The molecule has 1 saturated heterocycles. The second-order valence-corrected chi connectivity index (χ2v) is 6.85. The minimum Gasteiger partial charge on any atom is -0.358 e. The molecule has 0 aromatic heterocycles. The van der Waals surface area contributed by atoms with Crippen LogP contribution in [-0.4, -0.2) is 24.4 Å². The lowest BCUT2D eigenvalue weighted by molar-refractivity contribution is -0.117. The second kappa shape index (κ2) is 5.92. The fourth-order valence-electron chi connectivity index (χ4n) is 3.72. The minimum absolute atomic E-state index is 0.0249. The molecule has 0 spiro atoms. The average Bonchev–Trinajstić information content (AvgIpc) is 3.07. The van der Waals surface area contributed by atoms with Crippen LogP contribution in [0.2, 0.25) is 0 Å². The van der Waals surface area contributed by atoms with E-state index in [2.05, 4.69) is 15.5 Å². The molecule has 5 heteroatoms. The van der Waals surface area contributed by atoms with Gasteiger partial charge in [0.1, 0.15) is 6.04 Å². The van der Waals surface area contributed by atoms with E-state index < -0.39 is 0 Å². The fraction of sp³-hybridized carbons (Fsp3) is 0.300. The molecule has 2 heterocycles. The molecule has 2 N–H and O–H groups in total. The Morgan fingerprint density at radius 2 is 2.04 bits per heavy atom. The van der Waals surface area contributed by atoms with Crippen molar-refractivity contribution in [2.24, 2.45) is 0 Å². The monoisotopic (exact) mass is 335 g/mol. The molecular formula is C20H21N3O2. The molecule has 0 aliphatic carbocycles. The zero-order valence-corrected chi connectivity index (χ0v) is 14.4. The van der Waals surface area contributed by atoms with Crippen molar-refractivity contribution in [3.8, 4) is 0 Å². The van der Waals surface area contributed by atoms with Gasteiger partial charge in [-0.2, -0.15) is 0 Å². The van der Waals surface area contributed by atoms with E-state index in [9.17, 15) is 9.59 Å². The first kappa shape index (κ1) is 15.7. The number of nitrogens with zero attached hydrogens (tertiary/aromatic N) is 1. The van der Waals surface area contributed by atoms with Gasteiger partial charge in [0.05, 0.1) is 11.4 Å². The summed E-state index contributed by atoms with van der Waals surface area (Å²) in [6.07, 6.45) is 1.91. The number of carbonyl (C=O) groups excluding carboxylic acids is 2. The predicted molar refractivity (Wildman–Crippen MR) is 99.3 cm³/mol. The zero-order valence-electron chi connectivity index (χ0n) is 14.4. The van der Waals surface area contributed by atoms with Crippen molar-refractivity contribution in [3.05, 3.63) is 53.1 Å². The topological polar surface area (TPSA) is 61.4 Å². The lowest BCUT2D eigenvalue weighted by Crippen LogP contribution is -2.43. The van der Waals surface area contributed by atoms with Crippen LogP contribution in [0.15, 0.2) is 36.4 Å². The van der Waals surface area contributed by atoms with E-state index in [0.29, 0.717) is 5.56 Å². The molecule has 0 radical (unpaired) electrons. The van der Waals surface area contributed by atoms with E-state index >= 15 is 0 Å². The zero-order chi connectivity index (χ0) is 17.6. The lowest BCUT2D eigenvalue weighted by atomic mass is 10.1. The Bertz CT molecular complexity index is 875. The molecule has 128 valence electrons. The third-order valence-electron chi connectivity index (χ3n) is 5.01. The van der Waals surface area contributed by atoms with E-state index in [1.165, 1.54) is 0 Å². The Morgan fingerprint density at radius 3 is 2.84 bits per heavy atom. The van der Waals surface area contributed by atoms with Crippen LogP contribution in [0, 0.1) is 13.8 Å². The largest absolute Gasteiger partial charge is 0.358 e. The lowest BCUT2D eigenvalue weighted by Gasteiger charge is -2.33. The van der Waals surface area contributed by atoms with Crippen molar-refractivity contribution in [2.45, 2.75) is 32.7 Å². The number of amides is 2. The van der Waals surface area contributed by atoms with Crippen LogP contribution in [0.5, 0.6) is 0 Å². The number of rotatable bonds is 2. The molecule has 25 heavy (non-hydrogen) atoms. The van der Waals surface area contributed by atoms with Gasteiger partial charge in [0.15, 0.2) is 0 Å². The summed E-state index contributed by atoms with van der Waals surface area (Å²) in [5.41, 5.74) is 5.25. The first-order valence-electron chi connectivity index (χ1n) is 8.63. The van der Waals surface area contributed by atoms with Gasteiger partial charge in [0, 0.05) is 17.8 Å².